The van der Waals surface area contributed by atoms with Gasteiger partial charge in [0, 0.05) is 23.4 Å². The van der Waals surface area contributed by atoms with Crippen LogP contribution in [0.4, 0.5) is 0 Å². The molecule has 2 heterocycles. The minimum Gasteiger partial charge on any atom is -0.496 e. The van der Waals surface area contributed by atoms with E-state index in [4.69, 9.17) is 10.5 Å². The summed E-state index contributed by atoms with van der Waals surface area (Å²) in [6.07, 6.45) is -0.106. The zero-order chi connectivity index (χ0) is 24.1. The summed E-state index contributed by atoms with van der Waals surface area (Å²) in [5.74, 6) is -0.586. The summed E-state index contributed by atoms with van der Waals surface area (Å²) >= 11 is 0. The SMILES string of the molecule is COc1cccc2[nH]c(C(=O)NC(CC(C)C)C(=O)N[C@@H](C[C@@H]3CCNC3=O)C(N)O)cc12. The second-order valence-electron chi connectivity index (χ2n) is 8.88. The van der Waals surface area contributed by atoms with Crippen molar-refractivity contribution in [3.05, 3.63) is 30.0 Å². The summed E-state index contributed by atoms with van der Waals surface area (Å²) in [6, 6.07) is 5.48. The first kappa shape index (κ1) is 24.5. The van der Waals surface area contributed by atoms with Gasteiger partial charge in [-0.1, -0.05) is 19.9 Å². The molecule has 10 nitrogen and oxygen atoms in total. The van der Waals surface area contributed by atoms with Crippen LogP contribution in [0.1, 0.15) is 43.6 Å². The molecule has 0 aliphatic carbocycles. The number of hydrogen-bond acceptors (Lipinski definition) is 6. The van der Waals surface area contributed by atoms with Gasteiger partial charge in [0.05, 0.1) is 13.2 Å². The standard InChI is InChI=1S/C23H33N5O5/c1-12(2)9-17(22(31)27-16(20(24)29)10-13-7-8-25-21(13)30)28-23(32)18-11-14-15(26-18)5-4-6-19(14)33-3/h4-6,11-13,16-17,20,26,29H,7-10,24H2,1-3H3,(H,25,30)(H,27,31)(H,28,32)/t13-,16-,17?,20?/m0/s1. The molecule has 0 spiro atoms. The molecule has 1 aliphatic rings. The lowest BCUT2D eigenvalue weighted by Crippen LogP contribution is -2.55. The van der Waals surface area contributed by atoms with Crippen LogP contribution in [0.5, 0.6) is 5.75 Å². The van der Waals surface area contributed by atoms with Gasteiger partial charge in [0.2, 0.25) is 11.8 Å². The average molecular weight is 460 g/mol. The molecule has 3 rings (SSSR count). The zero-order valence-electron chi connectivity index (χ0n) is 19.2. The van der Waals surface area contributed by atoms with E-state index < -0.39 is 30.1 Å². The van der Waals surface area contributed by atoms with Crippen molar-refractivity contribution in [1.82, 2.24) is 20.9 Å². The Morgan fingerprint density at radius 3 is 2.67 bits per heavy atom. The van der Waals surface area contributed by atoms with E-state index in [1.807, 2.05) is 26.0 Å². The van der Waals surface area contributed by atoms with Crippen LogP contribution >= 0.6 is 0 Å². The number of fused-ring (bicyclic) bond motifs is 1. The minimum absolute atomic E-state index is 0.115. The molecular formula is C23H33N5O5. The second kappa shape index (κ2) is 10.7. The van der Waals surface area contributed by atoms with Crippen molar-refractivity contribution in [3.8, 4) is 5.75 Å². The van der Waals surface area contributed by atoms with Gasteiger partial charge in [0.1, 0.15) is 23.7 Å². The van der Waals surface area contributed by atoms with Crippen LogP contribution in [0.3, 0.4) is 0 Å². The first-order valence-corrected chi connectivity index (χ1v) is 11.2. The fraction of sp³-hybridized carbons (Fsp3) is 0.522. The van der Waals surface area contributed by atoms with E-state index >= 15 is 0 Å². The Labute approximate surface area is 192 Å². The van der Waals surface area contributed by atoms with E-state index in [-0.39, 0.29) is 24.2 Å². The van der Waals surface area contributed by atoms with E-state index in [1.165, 1.54) is 0 Å². The number of hydrogen-bond donors (Lipinski definition) is 6. The Balaban J connectivity index is 1.73. The molecule has 1 fully saturated rings. The third kappa shape index (κ3) is 6.02. The van der Waals surface area contributed by atoms with Crippen molar-refractivity contribution in [1.29, 1.82) is 0 Å². The van der Waals surface area contributed by atoms with E-state index in [2.05, 4.69) is 20.9 Å². The van der Waals surface area contributed by atoms with Crippen molar-refractivity contribution in [2.45, 2.75) is 51.4 Å². The van der Waals surface area contributed by atoms with Crippen molar-refractivity contribution in [3.63, 3.8) is 0 Å². The van der Waals surface area contributed by atoms with E-state index in [9.17, 15) is 19.5 Å². The Bertz CT molecular complexity index is 1000. The monoisotopic (exact) mass is 459 g/mol. The molecule has 7 N–H and O–H groups in total. The van der Waals surface area contributed by atoms with Crippen LogP contribution in [-0.4, -0.2) is 59.8 Å². The summed E-state index contributed by atoms with van der Waals surface area (Å²) in [5, 5.41) is 19.0. The number of H-pyrrole nitrogens is 1. The quantitative estimate of drug-likeness (QED) is 0.286. The number of ether oxygens (including phenoxy) is 1. The number of aliphatic hydroxyl groups is 1. The minimum atomic E-state index is -1.33. The summed E-state index contributed by atoms with van der Waals surface area (Å²) in [4.78, 5) is 41.0. The highest BCUT2D eigenvalue weighted by molar-refractivity contribution is 6.01. The molecule has 1 saturated heterocycles. The summed E-state index contributed by atoms with van der Waals surface area (Å²) in [5.41, 5.74) is 6.72. The van der Waals surface area contributed by atoms with Gasteiger partial charge in [-0.3, -0.25) is 14.4 Å². The van der Waals surface area contributed by atoms with Crippen LogP contribution < -0.4 is 26.4 Å². The number of aliphatic hydroxyl groups excluding tert-OH is 1. The maximum atomic E-state index is 13.1. The molecule has 4 atom stereocenters. The molecule has 180 valence electrons. The number of nitrogens with two attached hydrogens (primary N) is 1. The lowest BCUT2D eigenvalue weighted by molar-refractivity contribution is -0.127. The first-order valence-electron chi connectivity index (χ1n) is 11.2. The van der Waals surface area contributed by atoms with Crippen LogP contribution in [0.2, 0.25) is 0 Å². The largest absolute Gasteiger partial charge is 0.496 e. The molecule has 1 aromatic carbocycles. The normalized spacial score (nSPS) is 18.6. The van der Waals surface area contributed by atoms with Crippen LogP contribution in [-0.2, 0) is 9.59 Å². The molecule has 1 aromatic heterocycles. The van der Waals surface area contributed by atoms with Gasteiger partial charge in [0.25, 0.3) is 5.91 Å². The maximum Gasteiger partial charge on any atom is 0.268 e. The van der Waals surface area contributed by atoms with Crippen LogP contribution in [0.15, 0.2) is 24.3 Å². The maximum absolute atomic E-state index is 13.1. The van der Waals surface area contributed by atoms with Gasteiger partial charge in [-0.25, -0.2) is 0 Å². The Morgan fingerprint density at radius 1 is 1.30 bits per heavy atom. The number of aromatic amines is 1. The summed E-state index contributed by atoms with van der Waals surface area (Å²) in [7, 11) is 1.56. The van der Waals surface area contributed by atoms with Gasteiger partial charge in [0.15, 0.2) is 0 Å². The van der Waals surface area contributed by atoms with Crippen molar-refractivity contribution >= 4 is 28.6 Å². The predicted molar refractivity (Wildman–Crippen MR) is 123 cm³/mol. The number of carbonyl (C=O) groups excluding carboxylic acids is 3. The highest BCUT2D eigenvalue weighted by Gasteiger charge is 2.32. The molecule has 0 radical (unpaired) electrons. The third-order valence-corrected chi connectivity index (χ3v) is 5.86. The predicted octanol–water partition coefficient (Wildman–Crippen LogP) is 0.609. The zero-order valence-corrected chi connectivity index (χ0v) is 19.2. The number of rotatable bonds is 10. The highest BCUT2D eigenvalue weighted by atomic mass is 16.5. The number of benzene rings is 1. The average Bonchev–Trinajstić information content (AvgIpc) is 3.38. The number of amides is 3. The number of nitrogens with one attached hydrogen (secondary N) is 4. The first-order chi connectivity index (χ1) is 15.7. The number of aromatic nitrogens is 1. The Kier molecular flexibility index (Phi) is 7.93. The van der Waals surface area contributed by atoms with Gasteiger partial charge >= 0.3 is 0 Å². The van der Waals surface area contributed by atoms with Crippen molar-refractivity contribution in [2.24, 2.45) is 17.6 Å². The molecule has 3 amide bonds. The molecule has 10 heteroatoms. The summed E-state index contributed by atoms with van der Waals surface area (Å²) in [6.45, 7) is 4.45. The molecule has 33 heavy (non-hydrogen) atoms. The second-order valence-corrected chi connectivity index (χ2v) is 8.88. The van der Waals surface area contributed by atoms with Gasteiger partial charge in [-0.05, 0) is 43.4 Å². The van der Waals surface area contributed by atoms with Gasteiger partial charge in [-0.2, -0.15) is 0 Å². The molecule has 2 unspecified atom stereocenters. The molecule has 2 aromatic rings. The van der Waals surface area contributed by atoms with Crippen molar-refractivity contribution < 1.29 is 24.2 Å². The molecular weight excluding hydrogens is 426 g/mol. The number of methoxy groups -OCH3 is 1. The summed E-state index contributed by atoms with van der Waals surface area (Å²) < 4.78 is 5.34. The Hall–Kier alpha value is -3.11. The van der Waals surface area contributed by atoms with E-state index in [0.717, 1.165) is 10.9 Å². The van der Waals surface area contributed by atoms with Crippen molar-refractivity contribution in [2.75, 3.05) is 13.7 Å². The van der Waals surface area contributed by atoms with Gasteiger partial charge < -0.3 is 36.5 Å². The van der Waals surface area contributed by atoms with E-state index in [1.54, 1.807) is 19.2 Å². The highest BCUT2D eigenvalue weighted by Crippen LogP contribution is 2.26. The van der Waals surface area contributed by atoms with E-state index in [0.29, 0.717) is 30.8 Å². The fourth-order valence-corrected chi connectivity index (χ4v) is 4.11. The topological polar surface area (TPSA) is 159 Å². The Morgan fingerprint density at radius 2 is 2.06 bits per heavy atom. The fourth-order valence-electron chi connectivity index (χ4n) is 4.11. The molecule has 1 aliphatic heterocycles. The van der Waals surface area contributed by atoms with Crippen LogP contribution in [0.25, 0.3) is 10.9 Å². The third-order valence-electron chi connectivity index (χ3n) is 5.86. The molecule has 0 bridgehead atoms. The lowest BCUT2D eigenvalue weighted by Gasteiger charge is -2.27. The van der Waals surface area contributed by atoms with Crippen LogP contribution in [0, 0.1) is 11.8 Å². The number of carbonyl (C=O) groups is 3. The molecule has 0 saturated carbocycles. The smallest absolute Gasteiger partial charge is 0.268 e. The lowest BCUT2D eigenvalue weighted by atomic mass is 9.96. The van der Waals surface area contributed by atoms with Gasteiger partial charge in [-0.15, -0.1) is 0 Å².